The van der Waals surface area contributed by atoms with Crippen molar-refractivity contribution >= 4 is 21.7 Å². The molecule has 1 aliphatic carbocycles. The first kappa shape index (κ1) is 14.7. The van der Waals surface area contributed by atoms with Gasteiger partial charge in [-0.25, -0.2) is 0 Å². The third-order valence-electron chi connectivity index (χ3n) is 3.48. The molecule has 3 heteroatoms. The molecule has 2 rings (SSSR count). The number of hydrogen-bond donors (Lipinski definition) is 0. The minimum atomic E-state index is -0.233. The van der Waals surface area contributed by atoms with E-state index in [2.05, 4.69) is 35.0 Å². The van der Waals surface area contributed by atoms with Gasteiger partial charge < -0.3 is 4.74 Å². The summed E-state index contributed by atoms with van der Waals surface area (Å²) in [5, 5.41) is 0. The second-order valence-electron chi connectivity index (χ2n) is 6.22. The number of carbonyl (C=O) groups is 1. The second kappa shape index (κ2) is 5.37. The lowest BCUT2D eigenvalue weighted by Crippen LogP contribution is -2.30. The number of carbonyl (C=O) groups excluding carboxylic acids is 1. The Hall–Kier alpha value is -0.670. The highest BCUT2D eigenvalue weighted by molar-refractivity contribution is 9.10. The molecule has 104 valence electrons. The average molecular weight is 325 g/mol. The number of Topliss-reactive ketones (excluding diaryl/α,β-unsaturated/α-hetero) is 1. The van der Waals surface area contributed by atoms with Crippen LogP contribution in [0, 0.1) is 6.92 Å². The fourth-order valence-electron chi connectivity index (χ4n) is 2.71. The van der Waals surface area contributed by atoms with Gasteiger partial charge in [-0.2, -0.15) is 0 Å². The predicted octanol–water partition coefficient (Wildman–Crippen LogP) is 4.00. The van der Waals surface area contributed by atoms with E-state index in [9.17, 15) is 4.79 Å². The zero-order valence-corrected chi connectivity index (χ0v) is 13.5. The molecule has 0 bridgehead atoms. The molecule has 1 aromatic carbocycles. The molecular weight excluding hydrogens is 304 g/mol. The third-order valence-corrected chi connectivity index (χ3v) is 4.56. The summed E-state index contributed by atoms with van der Waals surface area (Å²) in [6, 6.07) is 8.25. The summed E-state index contributed by atoms with van der Waals surface area (Å²) >= 11 is 3.56. The van der Waals surface area contributed by atoms with Crippen molar-refractivity contribution in [2.75, 3.05) is 0 Å². The molecule has 0 spiro atoms. The van der Waals surface area contributed by atoms with Gasteiger partial charge in [-0.05, 0) is 38.8 Å². The lowest BCUT2D eigenvalue weighted by Gasteiger charge is -2.30. The highest BCUT2D eigenvalue weighted by Crippen LogP contribution is 2.41. The van der Waals surface area contributed by atoms with E-state index in [4.69, 9.17) is 4.74 Å². The number of benzene rings is 1. The molecule has 0 N–H and O–H groups in total. The third kappa shape index (κ3) is 3.26. The van der Waals surface area contributed by atoms with Gasteiger partial charge >= 0.3 is 0 Å². The van der Waals surface area contributed by atoms with Crippen LogP contribution in [0.5, 0.6) is 0 Å². The standard InChI is InChI=1S/C16H21BrO2/c1-10-7-5-6-8-11(10)14-13(19-16(2,3)4)9-12(18)15(14)17/h5-8,13-15H,9H2,1-4H3/t13-,14+,15?/m0/s1. The van der Waals surface area contributed by atoms with Gasteiger partial charge in [-0.1, -0.05) is 40.2 Å². The molecule has 0 aliphatic heterocycles. The van der Waals surface area contributed by atoms with Gasteiger partial charge in [0.25, 0.3) is 0 Å². The van der Waals surface area contributed by atoms with Crippen LogP contribution in [0.4, 0.5) is 0 Å². The smallest absolute Gasteiger partial charge is 0.149 e. The molecule has 2 nitrogen and oxygen atoms in total. The van der Waals surface area contributed by atoms with Crippen molar-refractivity contribution < 1.29 is 9.53 Å². The molecule has 19 heavy (non-hydrogen) atoms. The molecule has 1 unspecified atom stereocenters. The second-order valence-corrected chi connectivity index (χ2v) is 7.21. The van der Waals surface area contributed by atoms with E-state index in [-0.39, 0.29) is 28.2 Å². The van der Waals surface area contributed by atoms with Crippen molar-refractivity contribution in [3.8, 4) is 0 Å². The van der Waals surface area contributed by atoms with E-state index in [1.807, 2.05) is 32.9 Å². The van der Waals surface area contributed by atoms with Crippen LogP contribution in [0.25, 0.3) is 0 Å². The van der Waals surface area contributed by atoms with E-state index in [1.54, 1.807) is 0 Å². The minimum Gasteiger partial charge on any atom is -0.371 e. The van der Waals surface area contributed by atoms with E-state index in [0.717, 1.165) is 0 Å². The van der Waals surface area contributed by atoms with E-state index in [0.29, 0.717) is 6.42 Å². The summed E-state index contributed by atoms with van der Waals surface area (Å²) in [5.41, 5.74) is 2.20. The molecule has 0 aromatic heterocycles. The van der Waals surface area contributed by atoms with Crippen LogP contribution in [0.1, 0.15) is 44.2 Å². The Morgan fingerprint density at radius 2 is 1.89 bits per heavy atom. The van der Waals surface area contributed by atoms with Crippen LogP contribution in [0.3, 0.4) is 0 Å². The normalized spacial score (nSPS) is 27.8. The number of halogens is 1. The largest absolute Gasteiger partial charge is 0.371 e. The van der Waals surface area contributed by atoms with Gasteiger partial charge in [0.1, 0.15) is 5.78 Å². The summed E-state index contributed by atoms with van der Waals surface area (Å²) in [7, 11) is 0. The Morgan fingerprint density at radius 1 is 1.26 bits per heavy atom. The molecule has 0 radical (unpaired) electrons. The van der Waals surface area contributed by atoms with Gasteiger partial charge in [0.15, 0.2) is 0 Å². The molecule has 0 saturated heterocycles. The first-order valence-electron chi connectivity index (χ1n) is 6.70. The van der Waals surface area contributed by atoms with Crippen LogP contribution in [0.15, 0.2) is 24.3 Å². The molecule has 1 fully saturated rings. The Labute approximate surface area is 123 Å². The lowest BCUT2D eigenvalue weighted by atomic mass is 9.91. The highest BCUT2D eigenvalue weighted by Gasteiger charge is 2.44. The molecule has 1 aliphatic rings. The average Bonchev–Trinajstić information content (AvgIpc) is 2.54. The predicted molar refractivity (Wildman–Crippen MR) is 80.9 cm³/mol. The molecule has 0 heterocycles. The van der Waals surface area contributed by atoms with Crippen LogP contribution in [0.2, 0.25) is 0 Å². The van der Waals surface area contributed by atoms with Gasteiger partial charge in [-0.15, -0.1) is 0 Å². The molecule has 1 saturated carbocycles. The SMILES string of the molecule is Cc1ccccc1[C@H]1C(Br)C(=O)C[C@@H]1OC(C)(C)C. The van der Waals surface area contributed by atoms with Gasteiger partial charge in [0.2, 0.25) is 0 Å². The van der Waals surface area contributed by atoms with Gasteiger partial charge in [-0.3, -0.25) is 4.79 Å². The van der Waals surface area contributed by atoms with Gasteiger partial charge in [0, 0.05) is 12.3 Å². The molecule has 3 atom stereocenters. The summed E-state index contributed by atoms with van der Waals surface area (Å²) in [5.74, 6) is 0.343. The van der Waals surface area contributed by atoms with Crippen molar-refractivity contribution in [3.63, 3.8) is 0 Å². The number of aryl methyl sites for hydroxylation is 1. The maximum atomic E-state index is 12.0. The van der Waals surface area contributed by atoms with E-state index in [1.165, 1.54) is 11.1 Å². The van der Waals surface area contributed by atoms with E-state index < -0.39 is 0 Å². The monoisotopic (exact) mass is 324 g/mol. The fourth-order valence-corrected chi connectivity index (χ4v) is 3.53. The zero-order chi connectivity index (χ0) is 14.2. The maximum absolute atomic E-state index is 12.0. The quantitative estimate of drug-likeness (QED) is 0.768. The van der Waals surface area contributed by atoms with Crippen molar-refractivity contribution in [3.05, 3.63) is 35.4 Å². The topological polar surface area (TPSA) is 26.3 Å². The number of rotatable bonds is 2. The number of hydrogen-bond acceptors (Lipinski definition) is 2. The summed E-state index contributed by atoms with van der Waals surface area (Å²) < 4.78 is 6.11. The first-order valence-corrected chi connectivity index (χ1v) is 7.61. The van der Waals surface area contributed by atoms with Crippen molar-refractivity contribution in [1.82, 2.24) is 0 Å². The molecule has 0 amide bonds. The van der Waals surface area contributed by atoms with Crippen molar-refractivity contribution in [1.29, 1.82) is 0 Å². The Balaban J connectivity index is 2.34. The highest BCUT2D eigenvalue weighted by atomic mass is 79.9. The summed E-state index contributed by atoms with van der Waals surface area (Å²) in [6.45, 7) is 8.20. The van der Waals surface area contributed by atoms with Crippen LogP contribution >= 0.6 is 15.9 Å². The van der Waals surface area contributed by atoms with Crippen molar-refractivity contribution in [2.45, 2.75) is 56.6 Å². The Kier molecular flexibility index (Phi) is 4.17. The zero-order valence-electron chi connectivity index (χ0n) is 11.9. The number of alkyl halides is 1. The van der Waals surface area contributed by atoms with Crippen LogP contribution in [-0.2, 0) is 9.53 Å². The summed E-state index contributed by atoms with van der Waals surface area (Å²) in [6.07, 6.45) is 0.449. The lowest BCUT2D eigenvalue weighted by molar-refractivity contribution is -0.119. The Bertz CT molecular complexity index is 476. The summed E-state index contributed by atoms with van der Waals surface area (Å²) in [4.78, 5) is 11.9. The minimum absolute atomic E-state index is 0.0435. The maximum Gasteiger partial charge on any atom is 0.149 e. The molecule has 1 aromatic rings. The Morgan fingerprint density at radius 3 is 2.47 bits per heavy atom. The number of ether oxygens (including phenoxy) is 1. The molecular formula is C16H21BrO2. The van der Waals surface area contributed by atoms with Crippen LogP contribution < -0.4 is 0 Å². The van der Waals surface area contributed by atoms with Gasteiger partial charge in [0.05, 0.1) is 16.5 Å². The van der Waals surface area contributed by atoms with E-state index >= 15 is 0 Å². The van der Waals surface area contributed by atoms with Crippen LogP contribution in [-0.4, -0.2) is 22.3 Å². The number of ketones is 1. The van der Waals surface area contributed by atoms with Crippen molar-refractivity contribution in [2.24, 2.45) is 0 Å². The fraction of sp³-hybridized carbons (Fsp3) is 0.562. The first-order chi connectivity index (χ1) is 8.79.